The number of furan rings is 1. The van der Waals surface area contributed by atoms with Crippen LogP contribution in [0.25, 0.3) is 66.4 Å². The van der Waals surface area contributed by atoms with Gasteiger partial charge >= 0.3 is 0 Å². The summed E-state index contributed by atoms with van der Waals surface area (Å²) in [5.74, 6) is -0.434. The zero-order valence-electron chi connectivity index (χ0n) is 27.5. The molecule has 0 aliphatic heterocycles. The van der Waals surface area contributed by atoms with Gasteiger partial charge in [-0.05, 0) is 75.8 Å². The van der Waals surface area contributed by atoms with Crippen LogP contribution in [-0.2, 0) is 20.1 Å². The van der Waals surface area contributed by atoms with E-state index in [0.717, 1.165) is 86.8 Å². The van der Waals surface area contributed by atoms with E-state index < -0.39 is 5.89 Å². The van der Waals surface area contributed by atoms with E-state index in [2.05, 4.69) is 89.9 Å². The molecule has 1 aliphatic rings. The Morgan fingerprint density at radius 1 is 0.646 bits per heavy atom. The van der Waals surface area contributed by atoms with E-state index in [1.807, 2.05) is 60.8 Å². The molecule has 3 aromatic heterocycles. The molecule has 0 unspecified atom stereocenters. The summed E-state index contributed by atoms with van der Waals surface area (Å²) in [5.41, 5.74) is 8.78. The summed E-state index contributed by atoms with van der Waals surface area (Å²) in [5, 5.41) is 4.61. The van der Waals surface area contributed by atoms with Crippen LogP contribution in [0.3, 0.4) is 0 Å². The first-order valence-corrected chi connectivity index (χ1v) is 16.4. The van der Waals surface area contributed by atoms with E-state index in [9.17, 15) is 0 Å². The summed E-state index contributed by atoms with van der Waals surface area (Å²) in [7, 11) is 0. The molecule has 0 amide bonds. The Hall–Kier alpha value is -4.89. The van der Waals surface area contributed by atoms with Gasteiger partial charge in [-0.3, -0.25) is 0 Å². The topological polar surface area (TPSA) is 38.9 Å². The number of nitrogens with zero attached hydrogens (tertiary/aromatic N) is 2. The second-order valence-electron chi connectivity index (χ2n) is 12.0. The van der Waals surface area contributed by atoms with Crippen molar-refractivity contribution in [2.45, 2.75) is 38.0 Å². The first-order valence-electron chi connectivity index (χ1n) is 16.9. The van der Waals surface area contributed by atoms with Gasteiger partial charge in [0.05, 0.1) is 5.58 Å². The first-order chi connectivity index (χ1) is 23.7. The molecule has 0 spiro atoms. The maximum Gasteiger partial charge on any atom is 0.121 e. The van der Waals surface area contributed by atoms with Crippen LogP contribution in [0, 0.1) is 12.1 Å². The second kappa shape index (κ2) is 14.5. The van der Waals surface area contributed by atoms with Crippen LogP contribution < -0.4 is 0 Å². The van der Waals surface area contributed by atoms with Gasteiger partial charge in [-0.25, -0.2) is 0 Å². The van der Waals surface area contributed by atoms with Crippen molar-refractivity contribution in [3.63, 3.8) is 0 Å². The fourth-order valence-corrected chi connectivity index (χ4v) is 6.69. The van der Waals surface area contributed by atoms with Gasteiger partial charge in [0.2, 0.25) is 0 Å². The van der Waals surface area contributed by atoms with Crippen molar-refractivity contribution in [2.75, 3.05) is 0 Å². The molecule has 0 atom stereocenters. The zero-order chi connectivity index (χ0) is 32.3. The summed E-state index contributed by atoms with van der Waals surface area (Å²) in [4.78, 5) is 8.92. The minimum Gasteiger partial charge on any atom is -0.501 e. The molecule has 0 saturated heterocycles. The molecule has 8 aromatic rings. The average Bonchev–Trinajstić information content (AvgIpc) is 3.56. The number of hydrogen-bond acceptors (Lipinski definition) is 3. The molecule has 4 heteroatoms. The number of aromatic nitrogens is 2. The molecule has 237 valence electrons. The standard InChI is InChI=1S/C33H26NO.C11H8N.Ir/c1-2-7-22(8-3-1)23-13-15-24(16-14-23)26-19-20-34-30(21-26)28-11-6-12-29-32-27-10-5-4-9-25(27)17-18-31(32)35-33(28)29;1-2-6-10(7-3-1)11-8-4-5-9-12-11;/h4-6,9-10,12-22H,1-3,7-8H2;1-6,8-9H;/q2*-1;/i22D;;. The molecule has 0 N–H and O–H groups in total. The number of hydrogen-bond donors (Lipinski definition) is 0. The molecular formula is C44H34IrN2O-2. The monoisotopic (exact) mass is 800 g/mol. The van der Waals surface area contributed by atoms with Crippen LogP contribution in [0.5, 0.6) is 0 Å². The molecule has 1 saturated carbocycles. The summed E-state index contributed by atoms with van der Waals surface area (Å²) < 4.78 is 15.3. The Bertz CT molecular complexity index is 2290. The summed E-state index contributed by atoms with van der Waals surface area (Å²) >= 11 is 0. The van der Waals surface area contributed by atoms with Crippen molar-refractivity contribution in [3.8, 4) is 33.6 Å². The van der Waals surface area contributed by atoms with Crippen molar-refractivity contribution >= 4 is 32.7 Å². The predicted octanol–water partition coefficient (Wildman–Crippen LogP) is 11.9. The fraction of sp³-hybridized carbons (Fsp3) is 0.136. The van der Waals surface area contributed by atoms with Crippen LogP contribution in [0.1, 0.15) is 44.9 Å². The summed E-state index contributed by atoms with van der Waals surface area (Å²) in [6.45, 7) is 0. The zero-order valence-corrected chi connectivity index (χ0v) is 28.8. The molecule has 48 heavy (non-hydrogen) atoms. The van der Waals surface area contributed by atoms with E-state index in [0.29, 0.717) is 0 Å². The van der Waals surface area contributed by atoms with E-state index in [1.165, 1.54) is 17.2 Å². The van der Waals surface area contributed by atoms with Gasteiger partial charge in [-0.1, -0.05) is 103 Å². The van der Waals surface area contributed by atoms with E-state index >= 15 is 0 Å². The van der Waals surface area contributed by atoms with E-state index in [4.69, 9.17) is 10.8 Å². The minimum absolute atomic E-state index is 0. The van der Waals surface area contributed by atoms with E-state index in [-0.39, 0.29) is 20.1 Å². The minimum atomic E-state index is -0.434. The van der Waals surface area contributed by atoms with E-state index in [1.54, 1.807) is 6.20 Å². The van der Waals surface area contributed by atoms with Gasteiger partial charge < -0.3 is 14.4 Å². The Labute approximate surface area is 296 Å². The van der Waals surface area contributed by atoms with Gasteiger partial charge in [-0.15, -0.1) is 54.1 Å². The largest absolute Gasteiger partial charge is 0.501 e. The van der Waals surface area contributed by atoms with Crippen LogP contribution in [0.2, 0.25) is 0 Å². The van der Waals surface area contributed by atoms with Crippen LogP contribution in [0.15, 0.2) is 144 Å². The van der Waals surface area contributed by atoms with Crippen molar-refractivity contribution in [1.29, 1.82) is 0 Å². The Morgan fingerprint density at radius 2 is 1.46 bits per heavy atom. The molecule has 1 aliphatic carbocycles. The van der Waals surface area contributed by atoms with Gasteiger partial charge in [0.25, 0.3) is 0 Å². The van der Waals surface area contributed by atoms with Crippen molar-refractivity contribution in [3.05, 3.63) is 157 Å². The Balaban J connectivity index is 0.000000246. The number of rotatable bonds is 4. The average molecular weight is 800 g/mol. The van der Waals surface area contributed by atoms with Gasteiger partial charge in [0, 0.05) is 39.3 Å². The number of benzene rings is 5. The summed E-state index contributed by atoms with van der Waals surface area (Å²) in [6.07, 6.45) is 9.12. The molecule has 3 heterocycles. The smallest absolute Gasteiger partial charge is 0.121 e. The molecule has 5 aromatic carbocycles. The third kappa shape index (κ3) is 6.47. The van der Waals surface area contributed by atoms with Crippen LogP contribution in [0.4, 0.5) is 0 Å². The van der Waals surface area contributed by atoms with Gasteiger partial charge in [0.15, 0.2) is 0 Å². The third-order valence-electron chi connectivity index (χ3n) is 9.07. The molecule has 0 bridgehead atoms. The fourth-order valence-electron chi connectivity index (χ4n) is 6.69. The molecule has 3 nitrogen and oxygen atoms in total. The summed E-state index contributed by atoms with van der Waals surface area (Å²) in [6, 6.07) is 49.6. The van der Waals surface area contributed by atoms with Gasteiger partial charge in [-0.2, -0.15) is 0 Å². The third-order valence-corrected chi connectivity index (χ3v) is 9.07. The van der Waals surface area contributed by atoms with Crippen LogP contribution >= 0.6 is 0 Å². The van der Waals surface area contributed by atoms with Gasteiger partial charge in [0.1, 0.15) is 5.58 Å². The van der Waals surface area contributed by atoms with Crippen molar-refractivity contribution < 1.29 is 25.9 Å². The molecule has 1 radical (unpaired) electrons. The number of pyridine rings is 2. The molecule has 1 fully saturated rings. The first kappa shape index (κ1) is 30.4. The normalized spacial score (nSPS) is 14.1. The van der Waals surface area contributed by atoms with Crippen molar-refractivity contribution in [2.24, 2.45) is 0 Å². The quantitative estimate of drug-likeness (QED) is 0.166. The Kier molecular flexibility index (Phi) is 9.18. The SMILES string of the molecule is [2H]C1(c2ccc(-c3ccnc(-c4[c-]ccc5c4oc4ccc6ccccc6c45)c3)cc2)CCCCC1.[Ir].[c-]1ccccc1-c1ccccn1. The Morgan fingerprint density at radius 3 is 2.27 bits per heavy atom. The van der Waals surface area contributed by atoms with Crippen molar-refractivity contribution in [1.82, 2.24) is 9.97 Å². The molecular weight excluding hydrogens is 765 g/mol. The predicted molar refractivity (Wildman–Crippen MR) is 193 cm³/mol. The maximum absolute atomic E-state index is 8.93. The van der Waals surface area contributed by atoms with Crippen LogP contribution in [-0.4, -0.2) is 9.97 Å². The second-order valence-corrected chi connectivity index (χ2v) is 12.0. The molecule has 9 rings (SSSR count). The number of fused-ring (bicyclic) bond motifs is 5. The maximum atomic E-state index is 8.93.